The van der Waals surface area contributed by atoms with Gasteiger partial charge in [0.25, 0.3) is 0 Å². The van der Waals surface area contributed by atoms with E-state index in [1.807, 2.05) is 14.0 Å². The first-order valence-corrected chi connectivity index (χ1v) is 7.31. The van der Waals surface area contributed by atoms with Crippen molar-refractivity contribution in [2.45, 2.75) is 58.2 Å². The van der Waals surface area contributed by atoms with Gasteiger partial charge in [0.1, 0.15) is 5.54 Å². The number of hydrogen-bond acceptors (Lipinski definition) is 4. The molecule has 0 amide bonds. The molecule has 110 valence electrons. The lowest BCUT2D eigenvalue weighted by Crippen LogP contribution is -2.56. The zero-order chi connectivity index (χ0) is 14.7. The maximum atomic E-state index is 9.24. The van der Waals surface area contributed by atoms with Crippen molar-refractivity contribution in [2.75, 3.05) is 33.2 Å². The van der Waals surface area contributed by atoms with Gasteiger partial charge in [0.15, 0.2) is 0 Å². The molecule has 0 aliphatic carbocycles. The van der Waals surface area contributed by atoms with Crippen LogP contribution < -0.4 is 5.32 Å². The van der Waals surface area contributed by atoms with E-state index in [-0.39, 0.29) is 5.54 Å². The van der Waals surface area contributed by atoms with Crippen LogP contribution in [0.4, 0.5) is 0 Å². The highest BCUT2D eigenvalue weighted by Gasteiger charge is 2.31. The van der Waals surface area contributed by atoms with Crippen LogP contribution in [0.3, 0.4) is 0 Å². The first-order valence-electron chi connectivity index (χ1n) is 7.31. The number of nitrogens with zero attached hydrogens (tertiary/aromatic N) is 3. The number of nitrogens with one attached hydrogen (secondary N) is 1. The van der Waals surface area contributed by atoms with Crippen LogP contribution in [0.1, 0.15) is 41.0 Å². The summed E-state index contributed by atoms with van der Waals surface area (Å²) in [5, 5.41) is 12.4. The van der Waals surface area contributed by atoms with Crippen molar-refractivity contribution in [3.63, 3.8) is 0 Å². The van der Waals surface area contributed by atoms with Crippen molar-refractivity contribution >= 4 is 0 Å². The highest BCUT2D eigenvalue weighted by Crippen LogP contribution is 2.20. The van der Waals surface area contributed by atoms with Crippen LogP contribution in [0, 0.1) is 11.3 Å². The summed E-state index contributed by atoms with van der Waals surface area (Å²) in [6, 6.07) is 2.83. The zero-order valence-corrected chi connectivity index (χ0v) is 13.5. The quantitative estimate of drug-likeness (QED) is 0.841. The molecule has 1 aliphatic heterocycles. The summed E-state index contributed by atoms with van der Waals surface area (Å²) < 4.78 is 0. The van der Waals surface area contributed by atoms with Crippen LogP contribution in [0.25, 0.3) is 0 Å². The predicted molar refractivity (Wildman–Crippen MR) is 80.1 cm³/mol. The molecule has 0 spiro atoms. The second kappa shape index (κ2) is 6.21. The average molecular weight is 266 g/mol. The third-order valence-electron chi connectivity index (χ3n) is 4.39. The highest BCUT2D eigenvalue weighted by molar-refractivity contribution is 5.04. The van der Waals surface area contributed by atoms with Gasteiger partial charge in [-0.25, -0.2) is 0 Å². The fourth-order valence-corrected chi connectivity index (χ4v) is 2.76. The molecule has 19 heavy (non-hydrogen) atoms. The van der Waals surface area contributed by atoms with Gasteiger partial charge in [-0.2, -0.15) is 5.26 Å². The fourth-order valence-electron chi connectivity index (χ4n) is 2.76. The number of rotatable bonds is 4. The molecule has 1 fully saturated rings. The normalized spacial score (nSPS) is 23.6. The average Bonchev–Trinajstić information content (AvgIpc) is 2.37. The van der Waals surface area contributed by atoms with E-state index in [4.69, 9.17) is 0 Å². The van der Waals surface area contributed by atoms with Crippen molar-refractivity contribution in [3.05, 3.63) is 0 Å². The van der Waals surface area contributed by atoms with E-state index in [0.29, 0.717) is 6.04 Å². The molecule has 0 aromatic rings. The molecule has 0 aromatic carbocycles. The smallest absolute Gasteiger partial charge is 0.105 e. The number of nitriles is 1. The van der Waals surface area contributed by atoms with Gasteiger partial charge < -0.3 is 5.32 Å². The van der Waals surface area contributed by atoms with E-state index < -0.39 is 5.54 Å². The van der Waals surface area contributed by atoms with Gasteiger partial charge in [0.2, 0.25) is 0 Å². The minimum Gasteiger partial charge on any atom is -0.303 e. The van der Waals surface area contributed by atoms with Gasteiger partial charge in [0, 0.05) is 37.8 Å². The standard InChI is InChI=1S/C15H30N4/c1-13(11-15(5,12-16)17-6)18-7-9-19(10-8-18)14(2,3)4/h13,17H,7-11H2,1-6H3. The minimum atomic E-state index is -0.416. The molecular formula is C15H30N4. The van der Waals surface area contributed by atoms with E-state index >= 15 is 0 Å². The first-order chi connectivity index (χ1) is 8.72. The largest absolute Gasteiger partial charge is 0.303 e. The van der Waals surface area contributed by atoms with Gasteiger partial charge in [0.05, 0.1) is 6.07 Å². The lowest BCUT2D eigenvalue weighted by molar-refractivity contribution is 0.0403. The highest BCUT2D eigenvalue weighted by atomic mass is 15.3. The van der Waals surface area contributed by atoms with Crippen molar-refractivity contribution in [1.29, 1.82) is 5.26 Å². The van der Waals surface area contributed by atoms with Gasteiger partial charge in [-0.05, 0) is 48.1 Å². The van der Waals surface area contributed by atoms with Crippen LogP contribution in [0.15, 0.2) is 0 Å². The molecule has 4 nitrogen and oxygen atoms in total. The first kappa shape index (κ1) is 16.4. The van der Waals surface area contributed by atoms with Gasteiger partial charge in [-0.15, -0.1) is 0 Å². The second-order valence-electron chi connectivity index (χ2n) is 6.94. The summed E-state index contributed by atoms with van der Waals surface area (Å²) in [4.78, 5) is 5.05. The van der Waals surface area contributed by atoms with E-state index in [2.05, 4.69) is 48.9 Å². The molecule has 1 N–H and O–H groups in total. The molecule has 2 atom stereocenters. The van der Waals surface area contributed by atoms with Crippen LogP contribution in [0.5, 0.6) is 0 Å². The minimum absolute atomic E-state index is 0.265. The van der Waals surface area contributed by atoms with E-state index in [0.717, 1.165) is 32.6 Å². The summed E-state index contributed by atoms with van der Waals surface area (Å²) in [5.74, 6) is 0. The second-order valence-corrected chi connectivity index (χ2v) is 6.94. The number of piperazine rings is 1. The molecule has 1 aliphatic rings. The van der Waals surface area contributed by atoms with E-state index in [1.165, 1.54) is 0 Å². The Morgan fingerprint density at radius 1 is 1.16 bits per heavy atom. The SMILES string of the molecule is CNC(C)(C#N)CC(C)N1CCN(C(C)(C)C)CC1. The topological polar surface area (TPSA) is 42.3 Å². The lowest BCUT2D eigenvalue weighted by Gasteiger charge is -2.44. The van der Waals surface area contributed by atoms with Crippen molar-refractivity contribution in [3.8, 4) is 6.07 Å². The van der Waals surface area contributed by atoms with E-state index in [1.54, 1.807) is 0 Å². The monoisotopic (exact) mass is 266 g/mol. The Hall–Kier alpha value is -0.630. The molecule has 0 saturated carbocycles. The van der Waals surface area contributed by atoms with E-state index in [9.17, 15) is 5.26 Å². The Bertz CT molecular complexity index is 320. The Morgan fingerprint density at radius 3 is 2.05 bits per heavy atom. The summed E-state index contributed by atoms with van der Waals surface area (Å²) >= 11 is 0. The van der Waals surface area contributed by atoms with Crippen LogP contribution in [-0.4, -0.2) is 60.1 Å². The summed E-state index contributed by atoms with van der Waals surface area (Å²) in [7, 11) is 1.87. The molecule has 2 unspecified atom stereocenters. The Morgan fingerprint density at radius 2 is 1.68 bits per heavy atom. The van der Waals surface area contributed by atoms with Crippen LogP contribution in [-0.2, 0) is 0 Å². The number of hydrogen-bond donors (Lipinski definition) is 1. The van der Waals surface area contributed by atoms with Crippen molar-refractivity contribution < 1.29 is 0 Å². The summed E-state index contributed by atoms with van der Waals surface area (Å²) in [5.41, 5.74) is -0.151. The molecule has 1 saturated heterocycles. The molecule has 1 rings (SSSR count). The Kier molecular flexibility index (Phi) is 5.37. The maximum absolute atomic E-state index is 9.24. The van der Waals surface area contributed by atoms with Gasteiger partial charge in [-0.1, -0.05) is 0 Å². The van der Waals surface area contributed by atoms with Crippen molar-refractivity contribution in [2.24, 2.45) is 0 Å². The molecule has 4 heteroatoms. The summed E-state index contributed by atoms with van der Waals surface area (Å²) in [6.45, 7) is 15.5. The predicted octanol–water partition coefficient (Wildman–Crippen LogP) is 1.68. The van der Waals surface area contributed by atoms with Gasteiger partial charge in [-0.3, -0.25) is 9.80 Å². The zero-order valence-electron chi connectivity index (χ0n) is 13.5. The maximum Gasteiger partial charge on any atom is 0.105 e. The Balaban J connectivity index is 2.50. The van der Waals surface area contributed by atoms with Crippen molar-refractivity contribution in [1.82, 2.24) is 15.1 Å². The van der Waals surface area contributed by atoms with Crippen LogP contribution in [0.2, 0.25) is 0 Å². The van der Waals surface area contributed by atoms with Gasteiger partial charge >= 0.3 is 0 Å². The van der Waals surface area contributed by atoms with Crippen LogP contribution >= 0.6 is 0 Å². The molecule has 0 radical (unpaired) electrons. The fraction of sp³-hybridized carbons (Fsp3) is 0.933. The molecular weight excluding hydrogens is 236 g/mol. The third kappa shape index (κ3) is 4.45. The molecule has 0 bridgehead atoms. The lowest BCUT2D eigenvalue weighted by atomic mass is 9.94. The Labute approximate surface area is 118 Å². The molecule has 0 aromatic heterocycles. The molecule has 1 heterocycles. The third-order valence-corrected chi connectivity index (χ3v) is 4.39. The summed E-state index contributed by atoms with van der Waals surface area (Å²) in [6.07, 6.45) is 0.871.